The van der Waals surface area contributed by atoms with Gasteiger partial charge in [-0.25, -0.2) is 0 Å². The van der Waals surface area contributed by atoms with Crippen LogP contribution in [0.2, 0.25) is 0 Å². The molecule has 3 aromatic rings. The second-order valence-corrected chi connectivity index (χ2v) is 8.06. The lowest BCUT2D eigenvalue weighted by molar-refractivity contribution is -0.892. The zero-order valence-corrected chi connectivity index (χ0v) is 17.3. The van der Waals surface area contributed by atoms with Crippen LogP contribution in [0.25, 0.3) is 10.8 Å². The quantitative estimate of drug-likeness (QED) is 0.705. The SMILES string of the molecule is Cc1ccccc1N1CC[NH+](CC(=O)N[C@@H](C)c2cccc3ccccc23)CC1. The molecule has 1 fully saturated rings. The Bertz CT molecular complexity index is 987. The van der Waals surface area contributed by atoms with Crippen LogP contribution in [0.5, 0.6) is 0 Å². The molecule has 0 aromatic heterocycles. The third-order valence-electron chi connectivity index (χ3n) is 6.00. The van der Waals surface area contributed by atoms with Crippen molar-refractivity contribution in [1.82, 2.24) is 5.32 Å². The van der Waals surface area contributed by atoms with E-state index in [-0.39, 0.29) is 11.9 Å². The molecule has 4 nitrogen and oxygen atoms in total. The van der Waals surface area contributed by atoms with Crippen molar-refractivity contribution >= 4 is 22.4 Å². The largest absolute Gasteiger partial charge is 0.360 e. The van der Waals surface area contributed by atoms with Crippen LogP contribution in [-0.2, 0) is 4.79 Å². The van der Waals surface area contributed by atoms with Crippen molar-refractivity contribution in [3.05, 3.63) is 77.9 Å². The Labute approximate surface area is 173 Å². The number of quaternary nitrogens is 1. The predicted molar refractivity (Wildman–Crippen MR) is 119 cm³/mol. The lowest BCUT2D eigenvalue weighted by Crippen LogP contribution is -3.16. The van der Waals surface area contributed by atoms with E-state index >= 15 is 0 Å². The molecule has 1 aliphatic rings. The van der Waals surface area contributed by atoms with Gasteiger partial charge < -0.3 is 15.1 Å². The van der Waals surface area contributed by atoms with Gasteiger partial charge in [-0.15, -0.1) is 0 Å². The standard InChI is InChI=1S/C25H29N3O/c1-19-8-3-6-13-24(19)28-16-14-27(15-17-28)18-25(29)26-20(2)22-12-7-10-21-9-4-5-11-23(21)22/h3-13,20H,14-18H2,1-2H3,(H,26,29)/p+1/t20-/m0/s1. The number of carbonyl (C=O) groups is 1. The summed E-state index contributed by atoms with van der Waals surface area (Å²) in [7, 11) is 0. The summed E-state index contributed by atoms with van der Waals surface area (Å²) in [6, 6.07) is 23.2. The molecule has 1 saturated heterocycles. The maximum Gasteiger partial charge on any atom is 0.275 e. The lowest BCUT2D eigenvalue weighted by atomic mass is 10.00. The number of aryl methyl sites for hydroxylation is 1. The summed E-state index contributed by atoms with van der Waals surface area (Å²) >= 11 is 0. The Hall–Kier alpha value is -2.85. The number of piperazine rings is 1. The maximum absolute atomic E-state index is 12.7. The van der Waals surface area contributed by atoms with Crippen LogP contribution >= 0.6 is 0 Å². The molecule has 29 heavy (non-hydrogen) atoms. The van der Waals surface area contributed by atoms with Crippen LogP contribution in [0, 0.1) is 6.92 Å². The molecular weight excluding hydrogens is 358 g/mol. The first-order valence-corrected chi connectivity index (χ1v) is 10.5. The van der Waals surface area contributed by atoms with Gasteiger partial charge in [-0.1, -0.05) is 60.7 Å². The van der Waals surface area contributed by atoms with E-state index in [1.807, 2.05) is 0 Å². The molecule has 1 amide bonds. The summed E-state index contributed by atoms with van der Waals surface area (Å²) in [6.45, 7) is 8.74. The Morgan fingerprint density at radius 2 is 1.69 bits per heavy atom. The van der Waals surface area contributed by atoms with E-state index in [2.05, 4.69) is 90.8 Å². The van der Waals surface area contributed by atoms with Gasteiger partial charge >= 0.3 is 0 Å². The number of nitrogens with one attached hydrogen (secondary N) is 2. The van der Waals surface area contributed by atoms with E-state index in [1.54, 1.807) is 0 Å². The number of nitrogens with zero attached hydrogens (tertiary/aromatic N) is 1. The minimum absolute atomic E-state index is 0.00116. The van der Waals surface area contributed by atoms with E-state index in [0.717, 1.165) is 26.2 Å². The summed E-state index contributed by atoms with van der Waals surface area (Å²) in [5.74, 6) is 0.129. The van der Waals surface area contributed by atoms with Crippen molar-refractivity contribution in [3.63, 3.8) is 0 Å². The summed E-state index contributed by atoms with van der Waals surface area (Å²) in [5.41, 5.74) is 3.81. The van der Waals surface area contributed by atoms with Gasteiger partial charge in [0.25, 0.3) is 5.91 Å². The summed E-state index contributed by atoms with van der Waals surface area (Å²) in [5, 5.41) is 5.64. The van der Waals surface area contributed by atoms with Crippen LogP contribution in [-0.4, -0.2) is 38.6 Å². The number of anilines is 1. The molecule has 0 radical (unpaired) electrons. The monoisotopic (exact) mass is 388 g/mol. The van der Waals surface area contributed by atoms with E-state index in [4.69, 9.17) is 0 Å². The molecule has 0 unspecified atom stereocenters. The van der Waals surface area contributed by atoms with E-state index in [1.165, 1.54) is 32.5 Å². The van der Waals surface area contributed by atoms with Crippen LogP contribution in [0.1, 0.15) is 24.1 Å². The van der Waals surface area contributed by atoms with E-state index in [0.29, 0.717) is 6.54 Å². The molecule has 1 atom stereocenters. The number of rotatable bonds is 5. The second-order valence-electron chi connectivity index (χ2n) is 8.06. The third-order valence-corrected chi connectivity index (χ3v) is 6.00. The third kappa shape index (κ3) is 4.43. The molecule has 0 bridgehead atoms. The number of fused-ring (bicyclic) bond motifs is 1. The van der Waals surface area contributed by atoms with Gasteiger partial charge in [0.1, 0.15) is 0 Å². The van der Waals surface area contributed by atoms with Gasteiger partial charge in [0.2, 0.25) is 0 Å². The van der Waals surface area contributed by atoms with Crippen molar-refractivity contribution in [2.24, 2.45) is 0 Å². The normalized spacial score (nSPS) is 16.0. The molecule has 150 valence electrons. The molecule has 2 N–H and O–H groups in total. The summed E-state index contributed by atoms with van der Waals surface area (Å²) < 4.78 is 0. The molecule has 1 aliphatic heterocycles. The van der Waals surface area contributed by atoms with Gasteiger partial charge in [0.15, 0.2) is 6.54 Å². The van der Waals surface area contributed by atoms with Gasteiger partial charge in [-0.3, -0.25) is 4.79 Å². The molecule has 4 heteroatoms. The molecular formula is C25H30N3O+. The number of hydrogen-bond donors (Lipinski definition) is 2. The molecule has 4 rings (SSSR count). The fourth-order valence-corrected chi connectivity index (χ4v) is 4.38. The summed E-state index contributed by atoms with van der Waals surface area (Å²) in [6.07, 6.45) is 0. The number of para-hydroxylation sites is 1. The maximum atomic E-state index is 12.7. The zero-order chi connectivity index (χ0) is 20.2. The second kappa shape index (κ2) is 8.66. The molecule has 3 aromatic carbocycles. The average Bonchev–Trinajstić information content (AvgIpc) is 2.74. The highest BCUT2D eigenvalue weighted by molar-refractivity contribution is 5.87. The van der Waals surface area contributed by atoms with Crippen molar-refractivity contribution in [1.29, 1.82) is 0 Å². The van der Waals surface area contributed by atoms with Crippen molar-refractivity contribution in [3.8, 4) is 0 Å². The molecule has 1 heterocycles. The summed E-state index contributed by atoms with van der Waals surface area (Å²) in [4.78, 5) is 16.5. The Balaban J connectivity index is 1.33. The Morgan fingerprint density at radius 1 is 1.00 bits per heavy atom. The van der Waals surface area contributed by atoms with Crippen LogP contribution in [0.4, 0.5) is 5.69 Å². The van der Waals surface area contributed by atoms with E-state index < -0.39 is 0 Å². The predicted octanol–water partition coefficient (Wildman–Crippen LogP) is 2.73. The smallest absolute Gasteiger partial charge is 0.275 e. The first kappa shape index (κ1) is 19.5. The molecule has 0 saturated carbocycles. The average molecular weight is 389 g/mol. The Morgan fingerprint density at radius 3 is 2.48 bits per heavy atom. The Kier molecular flexibility index (Phi) is 5.81. The number of benzene rings is 3. The van der Waals surface area contributed by atoms with Crippen molar-refractivity contribution in [2.45, 2.75) is 19.9 Å². The topological polar surface area (TPSA) is 36.8 Å². The number of hydrogen-bond acceptors (Lipinski definition) is 2. The lowest BCUT2D eigenvalue weighted by Gasteiger charge is -2.34. The minimum atomic E-state index is 0.00116. The highest BCUT2D eigenvalue weighted by Gasteiger charge is 2.24. The first-order valence-electron chi connectivity index (χ1n) is 10.5. The number of amides is 1. The van der Waals surface area contributed by atoms with E-state index in [9.17, 15) is 4.79 Å². The van der Waals surface area contributed by atoms with Crippen LogP contribution < -0.4 is 15.1 Å². The van der Waals surface area contributed by atoms with Crippen LogP contribution in [0.15, 0.2) is 66.7 Å². The van der Waals surface area contributed by atoms with Gasteiger partial charge in [-0.2, -0.15) is 0 Å². The minimum Gasteiger partial charge on any atom is -0.360 e. The van der Waals surface area contributed by atoms with Gasteiger partial charge in [0.05, 0.1) is 32.2 Å². The van der Waals surface area contributed by atoms with Gasteiger partial charge in [-0.05, 0) is 41.8 Å². The highest BCUT2D eigenvalue weighted by Crippen LogP contribution is 2.24. The first-order chi connectivity index (χ1) is 14.1. The number of carbonyl (C=O) groups excluding carboxylic acids is 1. The zero-order valence-electron chi connectivity index (χ0n) is 17.3. The van der Waals surface area contributed by atoms with Crippen LogP contribution in [0.3, 0.4) is 0 Å². The molecule has 0 aliphatic carbocycles. The molecule has 0 spiro atoms. The van der Waals surface area contributed by atoms with Crippen molar-refractivity contribution < 1.29 is 9.69 Å². The fourth-order valence-electron chi connectivity index (χ4n) is 4.38. The van der Waals surface area contributed by atoms with Gasteiger partial charge in [0, 0.05) is 5.69 Å². The fraction of sp³-hybridized carbons (Fsp3) is 0.320. The van der Waals surface area contributed by atoms with Crippen molar-refractivity contribution in [2.75, 3.05) is 37.6 Å². The highest BCUT2D eigenvalue weighted by atomic mass is 16.2.